The lowest BCUT2D eigenvalue weighted by Gasteiger charge is -2.20. The van der Waals surface area contributed by atoms with Crippen LogP contribution in [-0.4, -0.2) is 36.5 Å². The van der Waals surface area contributed by atoms with Gasteiger partial charge in [0, 0.05) is 18.7 Å². The standard InChI is InChI=1S/C9H17NO2/c11-9-3-1-2-8(9)10-7-4-5-12-6-7/h7-11H,1-6H2/t7?,8-,9-/m0/s1. The van der Waals surface area contributed by atoms with Gasteiger partial charge in [0.25, 0.3) is 0 Å². The van der Waals surface area contributed by atoms with E-state index in [-0.39, 0.29) is 6.10 Å². The molecule has 3 heteroatoms. The molecular weight excluding hydrogens is 154 g/mol. The van der Waals surface area contributed by atoms with Crippen LogP contribution in [0.3, 0.4) is 0 Å². The second-order valence-corrected chi connectivity index (χ2v) is 3.83. The molecule has 3 atom stereocenters. The first kappa shape index (κ1) is 8.48. The van der Waals surface area contributed by atoms with E-state index in [1.165, 1.54) is 0 Å². The maximum absolute atomic E-state index is 9.55. The molecule has 2 N–H and O–H groups in total. The van der Waals surface area contributed by atoms with Crippen LogP contribution in [0.5, 0.6) is 0 Å². The van der Waals surface area contributed by atoms with Crippen molar-refractivity contribution in [2.75, 3.05) is 13.2 Å². The fourth-order valence-electron chi connectivity index (χ4n) is 2.10. The Morgan fingerprint density at radius 3 is 2.75 bits per heavy atom. The quantitative estimate of drug-likeness (QED) is 0.627. The van der Waals surface area contributed by atoms with E-state index < -0.39 is 0 Å². The zero-order chi connectivity index (χ0) is 8.39. The Hall–Kier alpha value is -0.120. The summed E-state index contributed by atoms with van der Waals surface area (Å²) in [5, 5.41) is 13.0. The van der Waals surface area contributed by atoms with Crippen LogP contribution in [0.2, 0.25) is 0 Å². The zero-order valence-corrected chi connectivity index (χ0v) is 7.33. The summed E-state index contributed by atoms with van der Waals surface area (Å²) < 4.78 is 5.26. The number of hydrogen-bond donors (Lipinski definition) is 2. The van der Waals surface area contributed by atoms with Crippen molar-refractivity contribution < 1.29 is 9.84 Å². The summed E-state index contributed by atoms with van der Waals surface area (Å²) in [7, 11) is 0. The van der Waals surface area contributed by atoms with Gasteiger partial charge in [-0.1, -0.05) is 0 Å². The minimum atomic E-state index is -0.120. The molecule has 2 fully saturated rings. The van der Waals surface area contributed by atoms with E-state index >= 15 is 0 Å². The third kappa shape index (κ3) is 1.79. The van der Waals surface area contributed by atoms with Crippen molar-refractivity contribution in [3.63, 3.8) is 0 Å². The van der Waals surface area contributed by atoms with Crippen LogP contribution in [0.4, 0.5) is 0 Å². The van der Waals surface area contributed by atoms with Crippen molar-refractivity contribution in [2.24, 2.45) is 0 Å². The Balaban J connectivity index is 1.77. The molecule has 70 valence electrons. The average Bonchev–Trinajstić information content (AvgIpc) is 2.65. The first-order valence-corrected chi connectivity index (χ1v) is 4.88. The highest BCUT2D eigenvalue weighted by Gasteiger charge is 2.28. The summed E-state index contributed by atoms with van der Waals surface area (Å²) in [6.07, 6.45) is 4.23. The van der Waals surface area contributed by atoms with Crippen molar-refractivity contribution in [1.82, 2.24) is 5.32 Å². The molecule has 0 spiro atoms. The molecule has 1 aliphatic carbocycles. The molecule has 12 heavy (non-hydrogen) atoms. The SMILES string of the molecule is O[C@H]1CCC[C@@H]1NC1CCOC1. The lowest BCUT2D eigenvalue weighted by molar-refractivity contribution is 0.137. The molecule has 0 aromatic rings. The van der Waals surface area contributed by atoms with Crippen LogP contribution in [0.15, 0.2) is 0 Å². The van der Waals surface area contributed by atoms with Gasteiger partial charge in [0.15, 0.2) is 0 Å². The third-order valence-corrected chi connectivity index (χ3v) is 2.86. The van der Waals surface area contributed by atoms with Crippen LogP contribution < -0.4 is 5.32 Å². The zero-order valence-electron chi connectivity index (χ0n) is 7.33. The molecule has 2 aliphatic rings. The van der Waals surface area contributed by atoms with Crippen molar-refractivity contribution in [3.8, 4) is 0 Å². The second-order valence-electron chi connectivity index (χ2n) is 3.83. The molecule has 1 saturated carbocycles. The van der Waals surface area contributed by atoms with E-state index in [2.05, 4.69) is 5.32 Å². The van der Waals surface area contributed by atoms with E-state index in [0.29, 0.717) is 12.1 Å². The van der Waals surface area contributed by atoms with Crippen LogP contribution in [0.25, 0.3) is 0 Å². The van der Waals surface area contributed by atoms with Crippen LogP contribution >= 0.6 is 0 Å². The van der Waals surface area contributed by atoms with E-state index in [1.54, 1.807) is 0 Å². The monoisotopic (exact) mass is 171 g/mol. The highest BCUT2D eigenvalue weighted by atomic mass is 16.5. The van der Waals surface area contributed by atoms with Gasteiger partial charge in [0.05, 0.1) is 12.7 Å². The molecule has 0 amide bonds. The van der Waals surface area contributed by atoms with Crippen molar-refractivity contribution in [3.05, 3.63) is 0 Å². The van der Waals surface area contributed by atoms with Gasteiger partial charge in [-0.15, -0.1) is 0 Å². The van der Waals surface area contributed by atoms with Gasteiger partial charge in [-0.25, -0.2) is 0 Å². The minimum Gasteiger partial charge on any atom is -0.392 e. The molecule has 3 nitrogen and oxygen atoms in total. The van der Waals surface area contributed by atoms with Gasteiger partial charge >= 0.3 is 0 Å². The Morgan fingerprint density at radius 2 is 2.17 bits per heavy atom. The Morgan fingerprint density at radius 1 is 1.25 bits per heavy atom. The van der Waals surface area contributed by atoms with Crippen molar-refractivity contribution >= 4 is 0 Å². The van der Waals surface area contributed by atoms with Gasteiger partial charge in [0.2, 0.25) is 0 Å². The second kappa shape index (κ2) is 3.73. The summed E-state index contributed by atoms with van der Waals surface area (Å²) in [5.74, 6) is 0. The number of nitrogens with one attached hydrogen (secondary N) is 1. The summed E-state index contributed by atoms with van der Waals surface area (Å²) in [5.41, 5.74) is 0. The lowest BCUT2D eigenvalue weighted by atomic mass is 10.1. The fraction of sp³-hybridized carbons (Fsp3) is 1.00. The highest BCUT2D eigenvalue weighted by Crippen LogP contribution is 2.20. The first-order chi connectivity index (χ1) is 5.86. The molecule has 0 radical (unpaired) electrons. The molecule has 1 saturated heterocycles. The molecule has 0 aromatic carbocycles. The van der Waals surface area contributed by atoms with E-state index in [4.69, 9.17) is 4.74 Å². The molecular formula is C9H17NO2. The van der Waals surface area contributed by atoms with Crippen LogP contribution in [0, 0.1) is 0 Å². The van der Waals surface area contributed by atoms with Gasteiger partial charge in [0.1, 0.15) is 0 Å². The van der Waals surface area contributed by atoms with Crippen molar-refractivity contribution in [2.45, 2.75) is 43.9 Å². The molecule has 1 heterocycles. The average molecular weight is 171 g/mol. The van der Waals surface area contributed by atoms with E-state index in [9.17, 15) is 5.11 Å². The summed E-state index contributed by atoms with van der Waals surface area (Å²) >= 11 is 0. The van der Waals surface area contributed by atoms with Gasteiger partial charge in [-0.05, 0) is 25.7 Å². The van der Waals surface area contributed by atoms with Crippen LogP contribution in [0.1, 0.15) is 25.7 Å². The summed E-state index contributed by atoms with van der Waals surface area (Å²) in [4.78, 5) is 0. The topological polar surface area (TPSA) is 41.5 Å². The number of aliphatic hydroxyl groups is 1. The Bertz CT molecular complexity index is 145. The van der Waals surface area contributed by atoms with E-state index in [0.717, 1.165) is 38.9 Å². The maximum atomic E-state index is 9.55. The normalized spacial score (nSPS) is 42.2. The fourth-order valence-corrected chi connectivity index (χ4v) is 2.10. The first-order valence-electron chi connectivity index (χ1n) is 4.88. The predicted octanol–water partition coefficient (Wildman–Crippen LogP) is 0.278. The largest absolute Gasteiger partial charge is 0.392 e. The summed E-state index contributed by atoms with van der Waals surface area (Å²) in [6, 6.07) is 0.819. The third-order valence-electron chi connectivity index (χ3n) is 2.86. The molecule has 2 rings (SSSR count). The summed E-state index contributed by atoms with van der Waals surface area (Å²) in [6.45, 7) is 1.70. The highest BCUT2D eigenvalue weighted by molar-refractivity contribution is 4.86. The van der Waals surface area contributed by atoms with Gasteiger partial charge in [-0.3, -0.25) is 0 Å². The minimum absolute atomic E-state index is 0.120. The van der Waals surface area contributed by atoms with Gasteiger partial charge in [-0.2, -0.15) is 0 Å². The number of ether oxygens (including phenoxy) is 1. The van der Waals surface area contributed by atoms with Crippen LogP contribution in [-0.2, 0) is 4.74 Å². The van der Waals surface area contributed by atoms with Crippen molar-refractivity contribution in [1.29, 1.82) is 0 Å². The van der Waals surface area contributed by atoms with Gasteiger partial charge < -0.3 is 15.2 Å². The molecule has 1 unspecified atom stereocenters. The molecule has 1 aliphatic heterocycles. The predicted molar refractivity (Wildman–Crippen MR) is 46.0 cm³/mol. The smallest absolute Gasteiger partial charge is 0.0693 e. The molecule has 0 aromatic heterocycles. The number of aliphatic hydroxyl groups excluding tert-OH is 1. The number of rotatable bonds is 2. The molecule has 0 bridgehead atoms. The Kier molecular flexibility index (Phi) is 2.63. The lowest BCUT2D eigenvalue weighted by Crippen LogP contribution is -2.42. The number of hydrogen-bond acceptors (Lipinski definition) is 3. The van der Waals surface area contributed by atoms with E-state index in [1.807, 2.05) is 0 Å². The Labute approximate surface area is 73.1 Å². The maximum Gasteiger partial charge on any atom is 0.0693 e.